The highest BCUT2D eigenvalue weighted by molar-refractivity contribution is 5.85. The quantitative estimate of drug-likeness (QED) is 0.580. The van der Waals surface area contributed by atoms with Gasteiger partial charge in [-0.05, 0) is 44.0 Å². The summed E-state index contributed by atoms with van der Waals surface area (Å²) >= 11 is 0. The summed E-state index contributed by atoms with van der Waals surface area (Å²) in [5.41, 5.74) is -0.745. The molecule has 1 fully saturated rings. The molecule has 1 aliphatic heterocycles. The number of alkyl halides is 3. The van der Waals surface area contributed by atoms with Crippen molar-refractivity contribution < 1.29 is 32.2 Å². The number of amides is 1. The van der Waals surface area contributed by atoms with Gasteiger partial charge in [-0.25, -0.2) is 4.79 Å². The molecule has 9 heteroatoms. The second kappa shape index (κ2) is 10.0. The van der Waals surface area contributed by atoms with Crippen molar-refractivity contribution >= 4 is 17.7 Å². The number of hydrogen-bond donors (Lipinski definition) is 1. The molecule has 0 spiro atoms. The monoisotopic (exact) mass is 478 g/mol. The molecule has 2 atom stereocenters. The molecule has 0 bridgehead atoms. The minimum absolute atomic E-state index is 0.00630. The van der Waals surface area contributed by atoms with E-state index in [1.165, 1.54) is 19.2 Å². The van der Waals surface area contributed by atoms with Crippen LogP contribution in [0.1, 0.15) is 43.4 Å². The third-order valence-corrected chi connectivity index (χ3v) is 5.55. The van der Waals surface area contributed by atoms with Gasteiger partial charge in [0.15, 0.2) is 0 Å². The number of halogens is 3. The van der Waals surface area contributed by atoms with Crippen molar-refractivity contribution in [3.63, 3.8) is 0 Å². The molecule has 0 unspecified atom stereocenters. The van der Waals surface area contributed by atoms with Gasteiger partial charge < -0.3 is 9.47 Å². The number of rotatable bonds is 5. The van der Waals surface area contributed by atoms with Crippen LogP contribution < -0.4 is 5.32 Å². The third kappa shape index (κ3) is 6.50. The second-order valence-electron chi connectivity index (χ2n) is 9.34. The zero-order valence-corrected chi connectivity index (χ0v) is 19.6. The van der Waals surface area contributed by atoms with E-state index in [-0.39, 0.29) is 24.3 Å². The van der Waals surface area contributed by atoms with E-state index in [2.05, 4.69) is 5.32 Å². The van der Waals surface area contributed by atoms with Crippen LogP contribution in [0.4, 0.5) is 23.7 Å². The predicted octanol–water partition coefficient (Wildman–Crippen LogP) is 5.44. The van der Waals surface area contributed by atoms with Crippen LogP contribution in [0.25, 0.3) is 0 Å². The molecule has 0 radical (unpaired) electrons. The van der Waals surface area contributed by atoms with Gasteiger partial charge in [0.2, 0.25) is 0 Å². The van der Waals surface area contributed by atoms with Crippen molar-refractivity contribution in [3.05, 3.63) is 65.2 Å². The molecule has 34 heavy (non-hydrogen) atoms. The van der Waals surface area contributed by atoms with Crippen LogP contribution in [0.15, 0.2) is 48.5 Å². The maximum Gasteiger partial charge on any atom is 0.416 e. The first-order valence-corrected chi connectivity index (χ1v) is 10.9. The highest BCUT2D eigenvalue weighted by Gasteiger charge is 2.44. The largest absolute Gasteiger partial charge is 0.469 e. The number of carbonyl (C=O) groups excluding carboxylic acids is 2. The number of benzene rings is 2. The number of methoxy groups -OCH3 is 1. The molecule has 3 rings (SSSR count). The zero-order valence-electron chi connectivity index (χ0n) is 19.6. The summed E-state index contributed by atoms with van der Waals surface area (Å²) in [7, 11) is 1.23. The second-order valence-corrected chi connectivity index (χ2v) is 9.34. The van der Waals surface area contributed by atoms with Crippen LogP contribution in [0.3, 0.4) is 0 Å². The van der Waals surface area contributed by atoms with Gasteiger partial charge in [-0.1, -0.05) is 36.4 Å². The first kappa shape index (κ1) is 25.6. The maximum absolute atomic E-state index is 14.1. The number of ether oxygens (including phenoxy) is 2. The SMILES string of the molecule is COC(=O)[C@@H]1CN(Cc2ccccc2)C[C@@H]1c1ccc(NC(=O)OC(C)(C)C)cc1C(F)(F)F. The number of carbonyl (C=O) groups is 2. The van der Waals surface area contributed by atoms with Crippen LogP contribution in [0.5, 0.6) is 0 Å². The van der Waals surface area contributed by atoms with E-state index in [1.807, 2.05) is 35.2 Å². The third-order valence-electron chi connectivity index (χ3n) is 5.55. The Morgan fingerprint density at radius 1 is 1.06 bits per heavy atom. The Hall–Kier alpha value is -3.07. The van der Waals surface area contributed by atoms with Gasteiger partial charge in [0, 0.05) is 31.2 Å². The van der Waals surface area contributed by atoms with Crippen LogP contribution in [-0.2, 0) is 27.0 Å². The molecule has 2 aromatic carbocycles. The smallest absolute Gasteiger partial charge is 0.416 e. The predicted molar refractivity (Wildman–Crippen MR) is 121 cm³/mol. The topological polar surface area (TPSA) is 67.9 Å². The summed E-state index contributed by atoms with van der Waals surface area (Å²) < 4.78 is 52.3. The first-order chi connectivity index (χ1) is 15.9. The normalized spacial score (nSPS) is 19.0. The fourth-order valence-corrected chi connectivity index (χ4v) is 4.19. The summed E-state index contributed by atoms with van der Waals surface area (Å²) in [4.78, 5) is 26.5. The van der Waals surface area contributed by atoms with Gasteiger partial charge in [-0.15, -0.1) is 0 Å². The van der Waals surface area contributed by atoms with Crippen molar-refractivity contribution in [1.82, 2.24) is 4.90 Å². The molecule has 2 aromatic rings. The average molecular weight is 479 g/mol. The fourth-order valence-electron chi connectivity index (χ4n) is 4.19. The van der Waals surface area contributed by atoms with E-state index in [1.54, 1.807) is 20.8 Å². The van der Waals surface area contributed by atoms with E-state index in [0.29, 0.717) is 6.54 Å². The van der Waals surface area contributed by atoms with Gasteiger partial charge >= 0.3 is 18.2 Å². The van der Waals surface area contributed by atoms with Gasteiger partial charge in [0.1, 0.15) is 5.60 Å². The molecule has 1 saturated heterocycles. The number of nitrogens with zero attached hydrogens (tertiary/aromatic N) is 1. The summed E-state index contributed by atoms with van der Waals surface area (Å²) in [6.45, 7) is 6.02. The number of likely N-dealkylation sites (tertiary alicyclic amines) is 1. The summed E-state index contributed by atoms with van der Waals surface area (Å²) in [6.07, 6.45) is -5.54. The van der Waals surface area contributed by atoms with Crippen molar-refractivity contribution in [1.29, 1.82) is 0 Å². The Morgan fingerprint density at radius 2 is 1.74 bits per heavy atom. The zero-order chi connectivity index (χ0) is 25.1. The summed E-state index contributed by atoms with van der Waals surface area (Å²) in [5.74, 6) is -2.02. The lowest BCUT2D eigenvalue weighted by atomic mass is 9.85. The van der Waals surface area contributed by atoms with Crippen LogP contribution in [-0.4, -0.2) is 42.8 Å². The Bertz CT molecular complexity index is 1020. The summed E-state index contributed by atoms with van der Waals surface area (Å²) in [6, 6.07) is 13.1. The molecule has 1 aliphatic rings. The van der Waals surface area contributed by atoms with Gasteiger partial charge in [0.25, 0.3) is 0 Å². The molecular weight excluding hydrogens is 449 g/mol. The van der Waals surface area contributed by atoms with Gasteiger partial charge in [-0.3, -0.25) is 15.0 Å². The number of esters is 1. The Kier molecular flexibility index (Phi) is 7.55. The number of nitrogens with one attached hydrogen (secondary N) is 1. The molecule has 1 heterocycles. The maximum atomic E-state index is 14.1. The standard InChI is InChI=1S/C25H29F3N2O4/c1-24(2,3)34-23(32)29-17-10-11-18(21(12-17)25(26,27)28)19-14-30(15-20(19)22(31)33-4)13-16-8-6-5-7-9-16/h5-12,19-20H,13-15H2,1-4H3,(H,29,32)/t19-,20-/m1/s1. The summed E-state index contributed by atoms with van der Waals surface area (Å²) in [5, 5.41) is 2.35. The Balaban J connectivity index is 1.91. The Morgan fingerprint density at radius 3 is 2.32 bits per heavy atom. The van der Waals surface area contributed by atoms with Crippen molar-refractivity contribution in [2.75, 3.05) is 25.5 Å². The van der Waals surface area contributed by atoms with Crippen LogP contribution >= 0.6 is 0 Å². The fraction of sp³-hybridized carbons (Fsp3) is 0.440. The number of anilines is 1. The molecule has 0 saturated carbocycles. The lowest BCUT2D eigenvalue weighted by Gasteiger charge is -2.23. The highest BCUT2D eigenvalue weighted by Crippen LogP contribution is 2.42. The van der Waals surface area contributed by atoms with Crippen molar-refractivity contribution in [2.24, 2.45) is 5.92 Å². The lowest BCUT2D eigenvalue weighted by Crippen LogP contribution is -2.27. The van der Waals surface area contributed by atoms with E-state index in [9.17, 15) is 22.8 Å². The highest BCUT2D eigenvalue weighted by atomic mass is 19.4. The molecule has 184 valence electrons. The molecule has 1 amide bonds. The molecule has 0 aromatic heterocycles. The van der Waals surface area contributed by atoms with E-state index in [0.717, 1.165) is 11.6 Å². The molecular formula is C25H29F3N2O4. The van der Waals surface area contributed by atoms with Crippen molar-refractivity contribution in [3.8, 4) is 0 Å². The van der Waals surface area contributed by atoms with E-state index in [4.69, 9.17) is 9.47 Å². The van der Waals surface area contributed by atoms with E-state index < -0.39 is 41.2 Å². The molecule has 1 N–H and O–H groups in total. The lowest BCUT2D eigenvalue weighted by molar-refractivity contribution is -0.146. The first-order valence-electron chi connectivity index (χ1n) is 10.9. The minimum Gasteiger partial charge on any atom is -0.469 e. The van der Waals surface area contributed by atoms with Gasteiger partial charge in [-0.2, -0.15) is 13.2 Å². The van der Waals surface area contributed by atoms with E-state index >= 15 is 0 Å². The average Bonchev–Trinajstić information content (AvgIpc) is 3.15. The molecule has 6 nitrogen and oxygen atoms in total. The molecule has 0 aliphatic carbocycles. The van der Waals surface area contributed by atoms with Crippen molar-refractivity contribution in [2.45, 2.75) is 45.0 Å². The Labute approximate surface area is 197 Å². The van der Waals surface area contributed by atoms with Gasteiger partial charge in [0.05, 0.1) is 18.6 Å². The van der Waals surface area contributed by atoms with Crippen LogP contribution in [0, 0.1) is 5.92 Å². The minimum atomic E-state index is -4.69. The van der Waals surface area contributed by atoms with Crippen LogP contribution in [0.2, 0.25) is 0 Å². The number of hydrogen-bond acceptors (Lipinski definition) is 5.